The molecule has 0 saturated carbocycles. The van der Waals surface area contributed by atoms with Gasteiger partial charge in [-0.2, -0.15) is 0 Å². The molecule has 0 saturated heterocycles. The van der Waals surface area contributed by atoms with Crippen LogP contribution in [0.3, 0.4) is 0 Å². The third-order valence-electron chi connectivity index (χ3n) is 7.46. The van der Waals surface area contributed by atoms with Crippen molar-refractivity contribution in [1.29, 1.82) is 0 Å². The minimum atomic E-state index is 0.0683. The van der Waals surface area contributed by atoms with Gasteiger partial charge in [0.2, 0.25) is 12.5 Å². The Hall–Kier alpha value is -2.27. The Morgan fingerprint density at radius 3 is 2.75 bits per heavy atom. The van der Waals surface area contributed by atoms with Crippen LogP contribution in [0.2, 0.25) is 0 Å². The maximum atomic E-state index is 13.5. The van der Waals surface area contributed by atoms with Crippen molar-refractivity contribution < 1.29 is 23.5 Å². The van der Waals surface area contributed by atoms with Crippen molar-refractivity contribution in [2.75, 3.05) is 34.5 Å². The van der Waals surface area contributed by atoms with Crippen LogP contribution in [0.25, 0.3) is 0 Å². The monoisotopic (exact) mass is 440 g/mol. The summed E-state index contributed by atoms with van der Waals surface area (Å²) < 4.78 is 18.0. The molecule has 5 heteroatoms. The summed E-state index contributed by atoms with van der Waals surface area (Å²) in [6.07, 6.45) is 11.3. The highest BCUT2D eigenvalue weighted by atomic mass is 16.7. The average Bonchev–Trinajstić information content (AvgIpc) is 3.22. The number of methoxy groups -OCH3 is 1. The summed E-state index contributed by atoms with van der Waals surface area (Å²) in [4.78, 5) is 13.5. The van der Waals surface area contributed by atoms with Crippen LogP contribution in [0.5, 0.6) is 17.2 Å². The molecule has 174 valence electrons. The minimum Gasteiger partial charge on any atom is -0.492 e. The van der Waals surface area contributed by atoms with Crippen LogP contribution in [0.4, 0.5) is 0 Å². The molecule has 0 amide bonds. The number of ketones is 1. The van der Waals surface area contributed by atoms with Gasteiger partial charge in [-0.1, -0.05) is 23.3 Å². The number of carbonyl (C=O) groups excluding carboxylic acids is 1. The number of Topliss-reactive ketones (excluding diaryl/α,β-unsaturated/α-hetero) is 1. The molecule has 4 rings (SSSR count). The lowest BCUT2D eigenvalue weighted by molar-refractivity contribution is -0.922. The van der Waals surface area contributed by atoms with Crippen LogP contribution < -0.4 is 14.2 Å². The van der Waals surface area contributed by atoms with E-state index in [-0.39, 0.29) is 18.8 Å². The summed E-state index contributed by atoms with van der Waals surface area (Å²) in [5.74, 6) is 2.72. The maximum Gasteiger partial charge on any atom is 0.231 e. The van der Waals surface area contributed by atoms with E-state index in [1.165, 1.54) is 16.7 Å². The number of benzene rings is 1. The standard InChI is InChI=1S/C27H38NO4/c1-18(2)7-6-8-19-9-11-20(12-10-19)23(29)16-22-25-21(13-14-28(22,3)4)15-24-26(27(25)30-5)32-17-31-24/h7,9,15,20,22H,6,8,10-14,16-17H2,1-5H3/q+1/t20-,22+/m1/s1. The summed E-state index contributed by atoms with van der Waals surface area (Å²) in [5.41, 5.74) is 5.25. The Morgan fingerprint density at radius 1 is 1.25 bits per heavy atom. The van der Waals surface area contributed by atoms with Crippen LogP contribution in [-0.4, -0.2) is 44.8 Å². The van der Waals surface area contributed by atoms with Crippen LogP contribution in [0.1, 0.15) is 69.5 Å². The summed E-state index contributed by atoms with van der Waals surface area (Å²) in [5, 5.41) is 0. The topological polar surface area (TPSA) is 44.8 Å². The van der Waals surface area contributed by atoms with Gasteiger partial charge in [0.25, 0.3) is 0 Å². The summed E-state index contributed by atoms with van der Waals surface area (Å²) in [6.45, 7) is 5.51. The summed E-state index contributed by atoms with van der Waals surface area (Å²) >= 11 is 0. The van der Waals surface area contributed by atoms with Gasteiger partial charge in [-0.3, -0.25) is 4.79 Å². The molecule has 3 aliphatic rings. The first-order valence-electron chi connectivity index (χ1n) is 12.0. The zero-order chi connectivity index (χ0) is 22.9. The lowest BCUT2D eigenvalue weighted by atomic mass is 9.80. The van der Waals surface area contributed by atoms with Crippen LogP contribution >= 0.6 is 0 Å². The van der Waals surface area contributed by atoms with Crippen molar-refractivity contribution in [3.63, 3.8) is 0 Å². The van der Waals surface area contributed by atoms with Crippen molar-refractivity contribution in [2.45, 2.75) is 64.8 Å². The van der Waals surface area contributed by atoms with E-state index in [9.17, 15) is 4.79 Å². The molecule has 2 atom stereocenters. The van der Waals surface area contributed by atoms with Gasteiger partial charge in [0.15, 0.2) is 11.5 Å². The Bertz CT molecular complexity index is 939. The van der Waals surface area contributed by atoms with E-state index in [1.54, 1.807) is 7.11 Å². The van der Waals surface area contributed by atoms with Gasteiger partial charge >= 0.3 is 0 Å². The van der Waals surface area contributed by atoms with Gasteiger partial charge in [-0.05, 0) is 57.6 Å². The maximum absolute atomic E-state index is 13.5. The smallest absolute Gasteiger partial charge is 0.231 e. The molecule has 0 spiro atoms. The Morgan fingerprint density at radius 2 is 2.06 bits per heavy atom. The quantitative estimate of drug-likeness (QED) is 0.413. The molecule has 0 bridgehead atoms. The molecule has 5 nitrogen and oxygen atoms in total. The van der Waals surface area contributed by atoms with Gasteiger partial charge in [-0.15, -0.1) is 0 Å². The van der Waals surface area contributed by atoms with Gasteiger partial charge in [0.1, 0.15) is 11.8 Å². The highest BCUT2D eigenvalue weighted by molar-refractivity contribution is 5.82. The Kier molecular flexibility index (Phi) is 6.66. The molecule has 0 fully saturated rings. The van der Waals surface area contributed by atoms with Crippen molar-refractivity contribution >= 4 is 5.78 Å². The highest BCUT2D eigenvalue weighted by Gasteiger charge is 2.43. The van der Waals surface area contributed by atoms with Crippen molar-refractivity contribution in [2.24, 2.45) is 5.92 Å². The zero-order valence-electron chi connectivity index (χ0n) is 20.3. The van der Waals surface area contributed by atoms with Gasteiger partial charge in [0, 0.05) is 12.3 Å². The van der Waals surface area contributed by atoms with Gasteiger partial charge < -0.3 is 18.7 Å². The number of hydrogen-bond acceptors (Lipinski definition) is 4. The number of fused-ring (bicyclic) bond motifs is 2. The number of hydrogen-bond donors (Lipinski definition) is 0. The number of likely N-dealkylation sites (N-methyl/N-ethyl adjacent to an activating group) is 1. The second-order valence-corrected chi connectivity index (χ2v) is 10.3. The third-order valence-corrected chi connectivity index (χ3v) is 7.46. The lowest BCUT2D eigenvalue weighted by Crippen LogP contribution is -2.49. The summed E-state index contributed by atoms with van der Waals surface area (Å²) in [7, 11) is 6.15. The van der Waals surface area contributed by atoms with E-state index in [0.717, 1.165) is 66.6 Å². The molecule has 1 aromatic rings. The molecule has 0 radical (unpaired) electrons. The first-order chi connectivity index (χ1) is 15.3. The molecule has 0 aromatic heterocycles. The van der Waals surface area contributed by atoms with Crippen molar-refractivity contribution in [1.82, 2.24) is 0 Å². The number of carbonyl (C=O) groups is 1. The number of ether oxygens (including phenoxy) is 3. The van der Waals surface area contributed by atoms with Crippen LogP contribution in [-0.2, 0) is 11.2 Å². The molecule has 0 unspecified atom stereocenters. The van der Waals surface area contributed by atoms with Crippen LogP contribution in [0.15, 0.2) is 29.4 Å². The molecule has 0 N–H and O–H groups in total. The lowest BCUT2D eigenvalue weighted by Gasteiger charge is -2.43. The first kappa shape index (κ1) is 22.9. The number of nitrogens with zero attached hydrogens (tertiary/aromatic N) is 1. The van der Waals surface area contributed by atoms with E-state index < -0.39 is 0 Å². The fourth-order valence-corrected chi connectivity index (χ4v) is 5.43. The van der Waals surface area contributed by atoms with Gasteiger partial charge in [0.05, 0.1) is 39.7 Å². The molecule has 32 heavy (non-hydrogen) atoms. The predicted octanol–water partition coefficient (Wildman–Crippen LogP) is 5.53. The number of quaternary nitrogens is 1. The predicted molar refractivity (Wildman–Crippen MR) is 126 cm³/mol. The fraction of sp³-hybridized carbons (Fsp3) is 0.593. The zero-order valence-corrected chi connectivity index (χ0v) is 20.3. The Balaban J connectivity index is 1.52. The van der Waals surface area contributed by atoms with Crippen molar-refractivity contribution in [3.05, 3.63) is 40.5 Å². The van der Waals surface area contributed by atoms with Gasteiger partial charge in [-0.25, -0.2) is 0 Å². The molecular formula is C27H38NO4+. The fourth-order valence-electron chi connectivity index (χ4n) is 5.43. The largest absolute Gasteiger partial charge is 0.492 e. The second-order valence-electron chi connectivity index (χ2n) is 10.3. The SMILES string of the molecule is COc1c2c(cc3c1[C@H](CC(=O)[C@@H]1CC=C(CCC=C(C)C)CC1)[N+](C)(C)CC3)OCO2. The van der Waals surface area contributed by atoms with E-state index >= 15 is 0 Å². The van der Waals surface area contributed by atoms with Crippen LogP contribution in [0, 0.1) is 5.92 Å². The number of rotatable bonds is 7. The van der Waals surface area contributed by atoms with E-state index in [0.29, 0.717) is 18.0 Å². The molecule has 1 aromatic carbocycles. The highest BCUT2D eigenvalue weighted by Crippen LogP contribution is 2.51. The van der Waals surface area contributed by atoms with E-state index in [1.807, 2.05) is 0 Å². The molecule has 2 heterocycles. The normalized spacial score (nSPS) is 23.2. The molecule has 1 aliphatic carbocycles. The number of allylic oxidation sites excluding steroid dienone is 4. The molecular weight excluding hydrogens is 402 g/mol. The minimum absolute atomic E-state index is 0.0683. The molecule has 2 aliphatic heterocycles. The second kappa shape index (κ2) is 9.30. The Labute approximate surface area is 192 Å². The summed E-state index contributed by atoms with van der Waals surface area (Å²) in [6, 6.07) is 2.16. The van der Waals surface area contributed by atoms with Crippen molar-refractivity contribution in [3.8, 4) is 17.2 Å². The van der Waals surface area contributed by atoms with E-state index in [4.69, 9.17) is 14.2 Å². The average molecular weight is 441 g/mol. The third kappa shape index (κ3) is 4.59. The first-order valence-corrected chi connectivity index (χ1v) is 12.0. The van der Waals surface area contributed by atoms with E-state index in [2.05, 4.69) is 46.2 Å².